The molecule has 0 radical (unpaired) electrons. The maximum absolute atomic E-state index is 12.5. The van der Waals surface area contributed by atoms with Crippen molar-refractivity contribution in [3.05, 3.63) is 74.8 Å². The smallest absolute Gasteiger partial charge is 0.258 e. The first kappa shape index (κ1) is 20.0. The van der Waals surface area contributed by atoms with Crippen molar-refractivity contribution < 1.29 is 4.79 Å². The molecule has 0 atom stereocenters. The molecule has 2 aromatic heterocycles. The van der Waals surface area contributed by atoms with Crippen molar-refractivity contribution >= 4 is 28.8 Å². The maximum Gasteiger partial charge on any atom is 0.258 e. The van der Waals surface area contributed by atoms with Crippen molar-refractivity contribution in [1.82, 2.24) is 14.3 Å². The first-order chi connectivity index (χ1) is 13.4. The van der Waals surface area contributed by atoms with Crippen LogP contribution >= 0.6 is 11.6 Å². The second-order valence-corrected chi connectivity index (χ2v) is 7.19. The fourth-order valence-corrected chi connectivity index (χ4v) is 3.25. The van der Waals surface area contributed by atoms with Crippen LogP contribution in [0.3, 0.4) is 0 Å². The van der Waals surface area contributed by atoms with E-state index in [2.05, 4.69) is 10.3 Å². The number of nitrogens with one attached hydrogen (secondary N) is 1. The van der Waals surface area contributed by atoms with Gasteiger partial charge in [0.25, 0.3) is 5.56 Å². The molecule has 1 N–H and O–H groups in total. The van der Waals surface area contributed by atoms with E-state index in [9.17, 15) is 9.59 Å². The van der Waals surface area contributed by atoms with E-state index in [1.54, 1.807) is 16.5 Å². The van der Waals surface area contributed by atoms with E-state index in [0.29, 0.717) is 35.1 Å². The zero-order chi connectivity index (χ0) is 20.3. The Morgan fingerprint density at radius 3 is 2.75 bits per heavy atom. The van der Waals surface area contributed by atoms with Gasteiger partial charge in [0.1, 0.15) is 5.65 Å². The summed E-state index contributed by atoms with van der Waals surface area (Å²) in [6.45, 7) is 7.01. The molecule has 0 saturated heterocycles. The molecule has 3 aromatic rings. The van der Waals surface area contributed by atoms with Crippen LogP contribution in [0, 0.1) is 13.8 Å². The van der Waals surface area contributed by atoms with Crippen LogP contribution in [-0.4, -0.2) is 33.3 Å². The number of rotatable bonds is 6. The number of halogens is 1. The number of aromatic nitrogens is 2. The number of benzene rings is 1. The van der Waals surface area contributed by atoms with Gasteiger partial charge in [-0.25, -0.2) is 4.98 Å². The second-order valence-electron chi connectivity index (χ2n) is 6.76. The molecular weight excluding hydrogens is 376 g/mol. The number of pyridine rings is 1. The van der Waals surface area contributed by atoms with Crippen molar-refractivity contribution in [3.8, 4) is 0 Å². The average molecular weight is 399 g/mol. The minimum atomic E-state index is -0.138. The molecule has 1 amide bonds. The van der Waals surface area contributed by atoms with E-state index in [-0.39, 0.29) is 18.0 Å². The Morgan fingerprint density at radius 1 is 1.21 bits per heavy atom. The van der Waals surface area contributed by atoms with E-state index in [1.807, 2.05) is 49.9 Å². The van der Waals surface area contributed by atoms with Crippen LogP contribution in [0.5, 0.6) is 0 Å². The van der Waals surface area contributed by atoms with Crippen molar-refractivity contribution in [3.63, 3.8) is 0 Å². The zero-order valence-electron chi connectivity index (χ0n) is 16.2. The Kier molecular flexibility index (Phi) is 6.11. The topological polar surface area (TPSA) is 66.7 Å². The van der Waals surface area contributed by atoms with Crippen LogP contribution in [0.15, 0.2) is 47.3 Å². The Labute approximate surface area is 168 Å². The number of fused-ring (bicyclic) bond motifs is 1. The van der Waals surface area contributed by atoms with E-state index < -0.39 is 0 Å². The van der Waals surface area contributed by atoms with Gasteiger partial charge < -0.3 is 5.32 Å². The van der Waals surface area contributed by atoms with E-state index in [1.165, 1.54) is 6.07 Å². The predicted molar refractivity (Wildman–Crippen MR) is 112 cm³/mol. The summed E-state index contributed by atoms with van der Waals surface area (Å²) in [6.07, 6.45) is 0. The van der Waals surface area contributed by atoms with Crippen molar-refractivity contribution in [2.75, 3.05) is 18.4 Å². The van der Waals surface area contributed by atoms with Crippen molar-refractivity contribution in [2.24, 2.45) is 0 Å². The lowest BCUT2D eigenvalue weighted by atomic mass is 10.2. The monoisotopic (exact) mass is 398 g/mol. The van der Waals surface area contributed by atoms with Crippen LogP contribution in [0.4, 0.5) is 5.69 Å². The van der Waals surface area contributed by atoms with Gasteiger partial charge in [0.05, 0.1) is 12.2 Å². The van der Waals surface area contributed by atoms with Crippen LogP contribution in [0.25, 0.3) is 5.65 Å². The number of carbonyl (C=O) groups excluding carboxylic acids is 1. The standard InChI is InChI=1S/C21H23ClN4O2/c1-4-25(13-20(27)24-18-10-16(22)9-8-14(18)2)12-17-11-21(28)26-15(3)6-5-7-19(26)23-17/h5-11H,4,12-13H2,1-3H3,(H,24,27). The fraction of sp³-hybridized carbons (Fsp3) is 0.286. The second kappa shape index (κ2) is 8.54. The molecule has 1 aromatic carbocycles. The number of likely N-dealkylation sites (N-methyl/N-ethyl adjacent to an activating group) is 1. The number of carbonyl (C=O) groups is 1. The van der Waals surface area contributed by atoms with Gasteiger partial charge in [-0.3, -0.25) is 18.9 Å². The number of hydrogen-bond donors (Lipinski definition) is 1. The minimum absolute atomic E-state index is 0.117. The molecule has 0 fully saturated rings. The molecule has 0 aliphatic carbocycles. The number of aryl methyl sites for hydroxylation is 2. The summed E-state index contributed by atoms with van der Waals surface area (Å²) in [4.78, 5) is 31.4. The van der Waals surface area contributed by atoms with Gasteiger partial charge in [-0.2, -0.15) is 0 Å². The maximum atomic E-state index is 12.5. The molecule has 0 spiro atoms. The fourth-order valence-electron chi connectivity index (χ4n) is 3.07. The summed E-state index contributed by atoms with van der Waals surface area (Å²) in [5.74, 6) is -0.138. The van der Waals surface area contributed by atoms with E-state index >= 15 is 0 Å². The molecule has 0 aliphatic rings. The third kappa shape index (κ3) is 4.58. The van der Waals surface area contributed by atoms with Crippen LogP contribution in [-0.2, 0) is 11.3 Å². The average Bonchev–Trinajstić information content (AvgIpc) is 2.64. The molecular formula is C21H23ClN4O2. The minimum Gasteiger partial charge on any atom is -0.325 e. The third-order valence-corrected chi connectivity index (χ3v) is 4.84. The van der Waals surface area contributed by atoms with E-state index in [4.69, 9.17) is 11.6 Å². The van der Waals surface area contributed by atoms with Crippen LogP contribution in [0.1, 0.15) is 23.9 Å². The zero-order valence-corrected chi connectivity index (χ0v) is 17.0. The van der Waals surface area contributed by atoms with Gasteiger partial charge in [0.15, 0.2) is 0 Å². The Balaban J connectivity index is 1.74. The number of amides is 1. The summed E-state index contributed by atoms with van der Waals surface area (Å²) >= 11 is 6.01. The summed E-state index contributed by atoms with van der Waals surface area (Å²) in [5.41, 5.74) is 3.62. The highest BCUT2D eigenvalue weighted by Gasteiger charge is 2.13. The highest BCUT2D eigenvalue weighted by Crippen LogP contribution is 2.20. The molecule has 0 unspecified atom stereocenters. The largest absolute Gasteiger partial charge is 0.325 e. The molecule has 3 rings (SSSR count). The molecule has 0 aliphatic heterocycles. The molecule has 146 valence electrons. The molecule has 2 heterocycles. The summed E-state index contributed by atoms with van der Waals surface area (Å²) < 4.78 is 1.58. The lowest BCUT2D eigenvalue weighted by Crippen LogP contribution is -2.33. The Bertz CT molecular complexity index is 1080. The van der Waals surface area contributed by atoms with Gasteiger partial charge in [-0.1, -0.05) is 30.7 Å². The molecule has 0 saturated carbocycles. The number of anilines is 1. The van der Waals surface area contributed by atoms with Crippen LogP contribution < -0.4 is 10.9 Å². The first-order valence-corrected chi connectivity index (χ1v) is 9.52. The Morgan fingerprint density at radius 2 is 2.00 bits per heavy atom. The van der Waals surface area contributed by atoms with Gasteiger partial charge in [0.2, 0.25) is 5.91 Å². The summed E-state index contributed by atoms with van der Waals surface area (Å²) in [6, 6.07) is 12.5. The summed E-state index contributed by atoms with van der Waals surface area (Å²) in [7, 11) is 0. The molecule has 6 nitrogen and oxygen atoms in total. The first-order valence-electron chi connectivity index (χ1n) is 9.14. The van der Waals surface area contributed by atoms with Gasteiger partial charge in [0, 0.05) is 29.0 Å². The van der Waals surface area contributed by atoms with Gasteiger partial charge in [-0.05, 0) is 50.2 Å². The normalized spacial score (nSPS) is 11.2. The van der Waals surface area contributed by atoms with Crippen LogP contribution in [0.2, 0.25) is 5.02 Å². The van der Waals surface area contributed by atoms with Crippen molar-refractivity contribution in [2.45, 2.75) is 27.3 Å². The third-order valence-electron chi connectivity index (χ3n) is 4.61. The van der Waals surface area contributed by atoms with Gasteiger partial charge >= 0.3 is 0 Å². The molecule has 0 bridgehead atoms. The quantitative estimate of drug-likeness (QED) is 0.690. The lowest BCUT2D eigenvalue weighted by Gasteiger charge is -2.20. The number of nitrogens with zero attached hydrogens (tertiary/aromatic N) is 3. The Hall–Kier alpha value is -2.70. The van der Waals surface area contributed by atoms with Crippen molar-refractivity contribution in [1.29, 1.82) is 0 Å². The number of hydrogen-bond acceptors (Lipinski definition) is 4. The highest BCUT2D eigenvalue weighted by molar-refractivity contribution is 6.31. The van der Waals surface area contributed by atoms with Gasteiger partial charge in [-0.15, -0.1) is 0 Å². The lowest BCUT2D eigenvalue weighted by molar-refractivity contribution is -0.117. The summed E-state index contributed by atoms with van der Waals surface area (Å²) in [5, 5.41) is 3.47. The molecule has 7 heteroatoms. The predicted octanol–water partition coefficient (Wildman–Crippen LogP) is 3.43. The molecule has 28 heavy (non-hydrogen) atoms. The SMILES string of the molecule is CCN(CC(=O)Nc1cc(Cl)ccc1C)Cc1cc(=O)n2c(C)cccc2n1. The van der Waals surface area contributed by atoms with E-state index in [0.717, 1.165) is 11.3 Å². The highest BCUT2D eigenvalue weighted by atomic mass is 35.5.